The van der Waals surface area contributed by atoms with Gasteiger partial charge in [-0.2, -0.15) is 0 Å². The van der Waals surface area contributed by atoms with Crippen molar-refractivity contribution in [2.75, 3.05) is 12.4 Å². The highest BCUT2D eigenvalue weighted by atomic mass is 127. The first kappa shape index (κ1) is 14.0. The topological polar surface area (TPSA) is 50.7 Å². The number of nitrogens with one attached hydrogen (secondary N) is 1. The quantitative estimate of drug-likeness (QED) is 0.799. The summed E-state index contributed by atoms with van der Waals surface area (Å²) in [5, 5.41) is 3.84. The summed E-state index contributed by atoms with van der Waals surface area (Å²) in [5.74, 6) is 1.79. The molecule has 0 unspecified atom stereocenters. The van der Waals surface area contributed by atoms with E-state index in [1.165, 1.54) is 11.3 Å². The standard InChI is InChI=1S/C11H12ClIN4S/c1-5(2)8-7(13)9(14-3)17-10(16-8)11-15-4-6(12)18-11/h4-5H,1-3H3,(H,14,16,17). The summed E-state index contributed by atoms with van der Waals surface area (Å²) in [4.78, 5) is 13.3. The molecule has 0 saturated heterocycles. The van der Waals surface area contributed by atoms with Crippen LogP contribution in [0.4, 0.5) is 5.82 Å². The third-order valence-corrected chi connectivity index (χ3v) is 4.50. The predicted octanol–water partition coefficient (Wildman–Crippen LogP) is 4.02. The van der Waals surface area contributed by atoms with Crippen LogP contribution in [-0.2, 0) is 0 Å². The van der Waals surface area contributed by atoms with Gasteiger partial charge in [0, 0.05) is 7.05 Å². The molecule has 0 spiro atoms. The Labute approximate surface area is 128 Å². The van der Waals surface area contributed by atoms with Crippen LogP contribution >= 0.6 is 45.5 Å². The molecule has 0 fully saturated rings. The van der Waals surface area contributed by atoms with Crippen molar-refractivity contribution >= 4 is 51.3 Å². The first-order valence-electron chi connectivity index (χ1n) is 5.39. The van der Waals surface area contributed by atoms with Gasteiger partial charge in [-0.15, -0.1) is 0 Å². The summed E-state index contributed by atoms with van der Waals surface area (Å²) in [7, 11) is 1.85. The van der Waals surface area contributed by atoms with Gasteiger partial charge in [-0.3, -0.25) is 0 Å². The molecule has 96 valence electrons. The fourth-order valence-corrected chi connectivity index (χ4v) is 3.45. The molecule has 0 radical (unpaired) electrons. The number of rotatable bonds is 3. The van der Waals surface area contributed by atoms with Crippen molar-refractivity contribution in [3.05, 3.63) is 19.8 Å². The number of anilines is 1. The Balaban J connectivity index is 2.58. The van der Waals surface area contributed by atoms with E-state index in [1.54, 1.807) is 6.20 Å². The van der Waals surface area contributed by atoms with Crippen LogP contribution in [-0.4, -0.2) is 22.0 Å². The molecule has 0 saturated carbocycles. The van der Waals surface area contributed by atoms with E-state index >= 15 is 0 Å². The second kappa shape index (κ2) is 5.66. The van der Waals surface area contributed by atoms with Gasteiger partial charge in [0.05, 0.1) is 15.5 Å². The maximum atomic E-state index is 5.90. The first-order chi connectivity index (χ1) is 8.52. The minimum Gasteiger partial charge on any atom is -0.372 e. The number of nitrogens with zero attached hydrogens (tertiary/aromatic N) is 3. The average Bonchev–Trinajstić information content (AvgIpc) is 2.76. The highest BCUT2D eigenvalue weighted by Gasteiger charge is 2.16. The van der Waals surface area contributed by atoms with Crippen LogP contribution in [0.3, 0.4) is 0 Å². The van der Waals surface area contributed by atoms with Crippen molar-refractivity contribution in [3.63, 3.8) is 0 Å². The van der Waals surface area contributed by atoms with Crippen molar-refractivity contribution in [2.24, 2.45) is 0 Å². The largest absolute Gasteiger partial charge is 0.372 e. The zero-order chi connectivity index (χ0) is 13.3. The maximum absolute atomic E-state index is 5.90. The molecule has 0 aliphatic carbocycles. The highest BCUT2D eigenvalue weighted by Crippen LogP contribution is 2.31. The molecule has 0 bridgehead atoms. The van der Waals surface area contributed by atoms with E-state index in [2.05, 4.69) is 56.7 Å². The lowest BCUT2D eigenvalue weighted by Crippen LogP contribution is -2.06. The minimum absolute atomic E-state index is 0.334. The Morgan fingerprint density at radius 2 is 2.11 bits per heavy atom. The van der Waals surface area contributed by atoms with Crippen LogP contribution in [0.1, 0.15) is 25.5 Å². The van der Waals surface area contributed by atoms with Gasteiger partial charge in [0.1, 0.15) is 10.2 Å². The molecule has 0 aliphatic rings. The van der Waals surface area contributed by atoms with Gasteiger partial charge in [-0.25, -0.2) is 15.0 Å². The summed E-state index contributed by atoms with van der Waals surface area (Å²) >= 11 is 9.55. The third-order valence-electron chi connectivity index (χ3n) is 2.33. The number of thiazole rings is 1. The fourth-order valence-electron chi connectivity index (χ4n) is 1.47. The molecule has 2 rings (SSSR count). The molecular formula is C11H12ClIN4S. The monoisotopic (exact) mass is 394 g/mol. The third kappa shape index (κ3) is 2.75. The molecule has 2 aromatic rings. The van der Waals surface area contributed by atoms with E-state index < -0.39 is 0 Å². The van der Waals surface area contributed by atoms with E-state index in [1.807, 2.05) is 7.05 Å². The molecular weight excluding hydrogens is 383 g/mol. The van der Waals surface area contributed by atoms with Crippen molar-refractivity contribution in [1.29, 1.82) is 0 Å². The van der Waals surface area contributed by atoms with E-state index in [0.717, 1.165) is 20.1 Å². The molecule has 2 heterocycles. The van der Waals surface area contributed by atoms with Crippen LogP contribution in [0.15, 0.2) is 6.20 Å². The molecule has 2 aromatic heterocycles. The molecule has 7 heteroatoms. The Morgan fingerprint density at radius 1 is 1.39 bits per heavy atom. The molecule has 4 nitrogen and oxygen atoms in total. The lowest BCUT2D eigenvalue weighted by Gasteiger charge is -2.12. The molecule has 0 aromatic carbocycles. The summed E-state index contributed by atoms with van der Waals surface area (Å²) < 4.78 is 1.70. The molecule has 1 N–H and O–H groups in total. The van der Waals surface area contributed by atoms with E-state index in [4.69, 9.17) is 11.6 Å². The second-order valence-corrected chi connectivity index (χ2v) is 6.71. The summed E-state index contributed by atoms with van der Waals surface area (Å²) in [6.07, 6.45) is 1.62. The van der Waals surface area contributed by atoms with Crippen molar-refractivity contribution in [3.8, 4) is 10.8 Å². The molecule has 0 amide bonds. The van der Waals surface area contributed by atoms with Crippen LogP contribution in [0.2, 0.25) is 4.34 Å². The van der Waals surface area contributed by atoms with Crippen LogP contribution in [0.25, 0.3) is 10.8 Å². The lowest BCUT2D eigenvalue weighted by molar-refractivity contribution is 0.809. The zero-order valence-electron chi connectivity index (χ0n) is 10.2. The second-order valence-electron chi connectivity index (χ2n) is 3.97. The highest BCUT2D eigenvalue weighted by molar-refractivity contribution is 14.1. The van der Waals surface area contributed by atoms with Gasteiger partial charge in [-0.05, 0) is 28.5 Å². The van der Waals surface area contributed by atoms with Crippen molar-refractivity contribution < 1.29 is 0 Å². The van der Waals surface area contributed by atoms with Crippen LogP contribution < -0.4 is 5.32 Å². The van der Waals surface area contributed by atoms with Gasteiger partial charge in [0.25, 0.3) is 0 Å². The van der Waals surface area contributed by atoms with Gasteiger partial charge < -0.3 is 5.32 Å². The molecule has 18 heavy (non-hydrogen) atoms. The van der Waals surface area contributed by atoms with E-state index in [-0.39, 0.29) is 0 Å². The summed E-state index contributed by atoms with van der Waals surface area (Å²) in [6.45, 7) is 4.23. The van der Waals surface area contributed by atoms with Crippen molar-refractivity contribution in [1.82, 2.24) is 15.0 Å². The summed E-state index contributed by atoms with van der Waals surface area (Å²) in [6, 6.07) is 0. The van der Waals surface area contributed by atoms with Crippen molar-refractivity contribution in [2.45, 2.75) is 19.8 Å². The van der Waals surface area contributed by atoms with E-state index in [0.29, 0.717) is 16.1 Å². The Hall–Kier alpha value is -0.470. The number of hydrogen-bond acceptors (Lipinski definition) is 5. The molecule has 0 atom stereocenters. The van der Waals surface area contributed by atoms with Crippen LogP contribution in [0, 0.1) is 3.57 Å². The van der Waals surface area contributed by atoms with Crippen LogP contribution in [0.5, 0.6) is 0 Å². The first-order valence-corrected chi connectivity index (χ1v) is 7.67. The lowest BCUT2D eigenvalue weighted by atomic mass is 10.1. The zero-order valence-corrected chi connectivity index (χ0v) is 13.9. The van der Waals surface area contributed by atoms with Gasteiger partial charge >= 0.3 is 0 Å². The average molecular weight is 395 g/mol. The number of hydrogen-bond donors (Lipinski definition) is 1. The minimum atomic E-state index is 0.334. The molecule has 0 aliphatic heterocycles. The fraction of sp³-hybridized carbons (Fsp3) is 0.364. The SMILES string of the molecule is CNc1nc(-c2ncc(Cl)s2)nc(C(C)C)c1I. The Morgan fingerprint density at radius 3 is 2.61 bits per heavy atom. The van der Waals surface area contributed by atoms with E-state index in [9.17, 15) is 0 Å². The maximum Gasteiger partial charge on any atom is 0.191 e. The number of halogens is 2. The summed E-state index contributed by atoms with van der Waals surface area (Å²) in [5.41, 5.74) is 1.02. The normalized spacial score (nSPS) is 11.0. The number of aromatic nitrogens is 3. The van der Waals surface area contributed by atoms with Gasteiger partial charge in [-0.1, -0.05) is 36.8 Å². The Bertz CT molecular complexity index is 570. The van der Waals surface area contributed by atoms with Gasteiger partial charge in [0.15, 0.2) is 10.8 Å². The van der Waals surface area contributed by atoms with Gasteiger partial charge in [0.2, 0.25) is 0 Å². The predicted molar refractivity (Wildman–Crippen MR) is 84.5 cm³/mol. The Kier molecular flexibility index (Phi) is 4.39. The smallest absolute Gasteiger partial charge is 0.191 e.